The Morgan fingerprint density at radius 2 is 1.53 bits per heavy atom. The van der Waals surface area contributed by atoms with Crippen LogP contribution in [0.3, 0.4) is 0 Å². The van der Waals surface area contributed by atoms with E-state index in [-0.39, 0.29) is 106 Å². The highest BCUT2D eigenvalue weighted by Gasteiger charge is 2.43. The van der Waals surface area contributed by atoms with Crippen molar-refractivity contribution < 1.29 is 67.3 Å². The molecule has 2 aliphatic heterocycles. The van der Waals surface area contributed by atoms with Crippen LogP contribution in [0.2, 0.25) is 0 Å². The Morgan fingerprint density at radius 1 is 0.864 bits per heavy atom. The Labute approximate surface area is 525 Å². The maximum atomic E-state index is 14.8. The van der Waals surface area contributed by atoms with Crippen LogP contribution in [0.1, 0.15) is 167 Å². The van der Waals surface area contributed by atoms with Gasteiger partial charge in [0.2, 0.25) is 35.4 Å². The van der Waals surface area contributed by atoms with Crippen LogP contribution < -0.4 is 37.6 Å². The molecule has 7 amide bonds. The molecule has 506 valence electrons. The Hall–Kier alpha value is -5.02. The number of ether oxygens (including phenoxy) is 3. The van der Waals surface area contributed by atoms with Crippen molar-refractivity contribution >= 4 is 60.2 Å². The molecule has 2 heterocycles. The third-order valence-electron chi connectivity index (χ3n) is 16.6. The molecule has 0 aromatic rings. The number of nitrogens with one attached hydrogen (secondary N) is 6. The number of likely N-dealkylation sites (N-methyl/N-ethyl adjacent to an activating group) is 3. The molecule has 25 nitrogen and oxygen atoms in total. The van der Waals surface area contributed by atoms with E-state index in [0.29, 0.717) is 77.3 Å². The molecule has 2 fully saturated rings. The molecule has 0 radical (unpaired) electrons. The molecular formula is C63H115N11O14. The Kier molecular flexibility index (Phi) is 35.3. The molecule has 2 rings (SSSR count). The number of primary amides is 1. The lowest BCUT2D eigenvalue weighted by molar-refractivity contribution is -0.173. The third kappa shape index (κ3) is 27.2. The maximum absolute atomic E-state index is 14.8. The molecule has 2 saturated heterocycles. The van der Waals surface area contributed by atoms with Gasteiger partial charge in [0.25, 0.3) is 5.91 Å². The molecule has 0 aromatic heterocycles. The van der Waals surface area contributed by atoms with Crippen molar-refractivity contribution in [3.05, 3.63) is 0 Å². The van der Waals surface area contributed by atoms with Crippen LogP contribution in [-0.2, 0) is 62.2 Å². The zero-order valence-corrected chi connectivity index (χ0v) is 56.2. The van der Waals surface area contributed by atoms with Crippen LogP contribution >= 0.6 is 0 Å². The zero-order valence-electron chi connectivity index (χ0n) is 56.2. The summed E-state index contributed by atoms with van der Waals surface area (Å²) in [6.45, 7) is 24.4. The van der Waals surface area contributed by atoms with Gasteiger partial charge in [-0.3, -0.25) is 58.7 Å². The third-order valence-corrected chi connectivity index (χ3v) is 16.6. The number of nitrogens with two attached hydrogens (primary N) is 1. The highest BCUT2D eigenvalue weighted by molar-refractivity contribution is 5.88. The average Bonchev–Trinajstić information content (AvgIpc) is 2.85. The monoisotopic (exact) mass is 1250 g/mol. The van der Waals surface area contributed by atoms with Crippen LogP contribution in [0.5, 0.6) is 0 Å². The fourth-order valence-corrected chi connectivity index (χ4v) is 11.5. The molecular weight excluding hydrogens is 1130 g/mol. The molecule has 13 unspecified atom stereocenters. The van der Waals surface area contributed by atoms with Crippen molar-refractivity contribution in [1.29, 1.82) is 0 Å². The molecule has 13 atom stereocenters. The summed E-state index contributed by atoms with van der Waals surface area (Å²) in [5.41, 5.74) is 2.26. The number of aliphatic hydroxyl groups is 1. The number of rotatable bonds is 19. The van der Waals surface area contributed by atoms with Gasteiger partial charge in [0.15, 0.2) is 24.0 Å². The first-order valence-corrected chi connectivity index (χ1v) is 32.1. The quantitative estimate of drug-likeness (QED) is 0.0860. The Morgan fingerprint density at radius 3 is 2.09 bits per heavy atom. The molecule has 25 heteroatoms. The SMILES string of the molecule is CCCC1NCC(C)CC(C=O)NC(C=O)(CC(C)C)N(C)C(=O)CN(C)C(=O)CC(O)CCC(CCN2CCOCC2C)C(CC(N)=O)OC(CC(=O)NC)CCNC(=O)C(CC(C)C)NC(CC(C)C)N(C)C(=O)C(C(C)C)OC(C)(C=O)NC1=O. The minimum atomic E-state index is -1.98. The number of aldehydes is 3. The summed E-state index contributed by atoms with van der Waals surface area (Å²) in [5.74, 6) is -4.99. The lowest BCUT2D eigenvalue weighted by atomic mass is 9.88. The van der Waals surface area contributed by atoms with E-state index in [4.69, 9.17) is 19.9 Å². The fourth-order valence-electron chi connectivity index (χ4n) is 11.5. The smallest absolute Gasteiger partial charge is 0.253 e. The van der Waals surface area contributed by atoms with Gasteiger partial charge in [0, 0.05) is 47.3 Å². The van der Waals surface area contributed by atoms with E-state index in [0.717, 1.165) is 0 Å². The largest absolute Gasteiger partial charge is 0.393 e. The Bertz CT molecular complexity index is 2210. The van der Waals surface area contributed by atoms with Crippen LogP contribution in [0, 0.1) is 35.5 Å². The van der Waals surface area contributed by atoms with Gasteiger partial charge >= 0.3 is 0 Å². The molecule has 0 saturated carbocycles. The first kappa shape index (κ1) is 79.1. The first-order valence-electron chi connectivity index (χ1n) is 32.1. The van der Waals surface area contributed by atoms with Gasteiger partial charge < -0.3 is 65.8 Å². The average molecular weight is 1250 g/mol. The highest BCUT2D eigenvalue weighted by atomic mass is 16.5. The number of nitrogens with zero attached hydrogens (tertiary/aromatic N) is 4. The van der Waals surface area contributed by atoms with E-state index in [1.165, 1.54) is 42.8 Å². The summed E-state index contributed by atoms with van der Waals surface area (Å²) in [7, 11) is 5.93. The maximum Gasteiger partial charge on any atom is 0.253 e. The first-order chi connectivity index (χ1) is 41.3. The van der Waals surface area contributed by atoms with Crippen molar-refractivity contribution in [2.75, 3.05) is 74.1 Å². The summed E-state index contributed by atoms with van der Waals surface area (Å²) in [6, 6.07) is -2.54. The lowest BCUT2D eigenvalue weighted by Gasteiger charge is -2.42. The van der Waals surface area contributed by atoms with Gasteiger partial charge in [-0.1, -0.05) is 75.7 Å². The van der Waals surface area contributed by atoms with Gasteiger partial charge in [-0.05, 0) is 120 Å². The minimum absolute atomic E-state index is 0.0146. The summed E-state index contributed by atoms with van der Waals surface area (Å²) in [4.78, 5) is 143. The normalized spacial score (nSPS) is 30.8. The predicted molar refractivity (Wildman–Crippen MR) is 335 cm³/mol. The minimum Gasteiger partial charge on any atom is -0.393 e. The second-order valence-corrected chi connectivity index (χ2v) is 26.6. The van der Waals surface area contributed by atoms with Gasteiger partial charge in [-0.2, -0.15) is 0 Å². The summed E-state index contributed by atoms with van der Waals surface area (Å²) in [6.07, 6.45) is -1.01. The van der Waals surface area contributed by atoms with E-state index < -0.39 is 108 Å². The zero-order chi connectivity index (χ0) is 66.6. The van der Waals surface area contributed by atoms with E-state index in [1.54, 1.807) is 20.9 Å². The molecule has 88 heavy (non-hydrogen) atoms. The number of hydrogen-bond donors (Lipinski definition) is 8. The fraction of sp³-hybridized carbons (Fsp3) is 0.841. The number of hydrogen-bond acceptors (Lipinski definition) is 18. The molecule has 0 spiro atoms. The van der Waals surface area contributed by atoms with Gasteiger partial charge in [-0.15, -0.1) is 0 Å². The summed E-state index contributed by atoms with van der Waals surface area (Å²) >= 11 is 0. The number of amides is 7. The van der Waals surface area contributed by atoms with Crippen LogP contribution in [0.15, 0.2) is 0 Å². The van der Waals surface area contributed by atoms with Gasteiger partial charge in [0.05, 0.1) is 81.6 Å². The van der Waals surface area contributed by atoms with Crippen LogP contribution in [0.25, 0.3) is 0 Å². The molecule has 2 aliphatic rings. The van der Waals surface area contributed by atoms with E-state index >= 15 is 0 Å². The standard InChI is InChI=1S/C63H115N11O14/c1-17-18-50-60(84)70-62(12,38-76)88-58(43(8)9)61(85)72(15)54(28-41(4)5)68-51(27-40(2)3)59(83)66-23-21-49(31-55(80)65-13)87-52(32-53(64)79)46(22-24-74-25-26-86-37-45(74)11)19-20-48(78)30-56(81)71(14)35-57(82)73(16)63(39-77,33-42(6)7)69-47(36-75)29-44(10)34-67-50/h36,38-52,54,58,67-69,78H,17-35,37H2,1-16H3,(H2,64,79)(H,65,80)(H,66,83)(H,70,84). The van der Waals surface area contributed by atoms with Crippen molar-refractivity contribution in [2.45, 2.75) is 233 Å². The van der Waals surface area contributed by atoms with Crippen LogP contribution in [-0.4, -0.2) is 225 Å². The second kappa shape index (κ2) is 39.3. The predicted octanol–water partition coefficient (Wildman–Crippen LogP) is 2.24. The highest BCUT2D eigenvalue weighted by Crippen LogP contribution is 2.28. The van der Waals surface area contributed by atoms with Crippen molar-refractivity contribution in [3.8, 4) is 0 Å². The number of morpholine rings is 1. The second-order valence-electron chi connectivity index (χ2n) is 26.6. The number of carbonyl (C=O) groups excluding carboxylic acids is 10. The Balaban J connectivity index is 2.80. The van der Waals surface area contributed by atoms with Crippen molar-refractivity contribution in [3.63, 3.8) is 0 Å². The summed E-state index contributed by atoms with van der Waals surface area (Å²) < 4.78 is 18.8. The van der Waals surface area contributed by atoms with Crippen molar-refractivity contribution in [1.82, 2.24) is 51.5 Å². The van der Waals surface area contributed by atoms with E-state index in [9.17, 15) is 53.1 Å². The van der Waals surface area contributed by atoms with Crippen LogP contribution in [0.4, 0.5) is 0 Å². The lowest BCUT2D eigenvalue weighted by Crippen LogP contribution is -2.65. The summed E-state index contributed by atoms with van der Waals surface area (Å²) in [5, 5.41) is 29.9. The van der Waals surface area contributed by atoms with E-state index in [1.807, 2.05) is 55.4 Å². The van der Waals surface area contributed by atoms with Crippen molar-refractivity contribution in [2.24, 2.45) is 41.2 Å². The molecule has 9 N–H and O–H groups in total. The van der Waals surface area contributed by atoms with Gasteiger partial charge in [-0.25, -0.2) is 0 Å². The molecule has 0 aromatic carbocycles. The molecule has 0 aliphatic carbocycles. The number of aliphatic hydroxyl groups excluding tert-OH is 1. The van der Waals surface area contributed by atoms with Gasteiger partial charge in [0.1, 0.15) is 12.4 Å². The molecule has 0 bridgehead atoms. The number of carbonyl (C=O) groups is 10. The van der Waals surface area contributed by atoms with E-state index in [2.05, 4.69) is 43.7 Å². The topological polar surface area (TPSA) is 330 Å².